The third kappa shape index (κ3) is 2.49. The first-order valence-electron chi connectivity index (χ1n) is 7.83. The molecule has 1 aliphatic rings. The summed E-state index contributed by atoms with van der Waals surface area (Å²) in [5.74, 6) is -1.66. The molecule has 0 spiro atoms. The number of imidazole rings is 1. The molecule has 1 N–H and O–H groups in total. The highest BCUT2D eigenvalue weighted by Crippen LogP contribution is 2.34. The Labute approximate surface area is 137 Å². The number of hydrogen-bond donors (Lipinski definition) is 1. The van der Waals surface area contributed by atoms with Gasteiger partial charge in [0.25, 0.3) is 0 Å². The van der Waals surface area contributed by atoms with Crippen LogP contribution in [0.2, 0.25) is 0 Å². The molecule has 4 rings (SSSR count). The molecule has 1 aromatic heterocycles. The summed E-state index contributed by atoms with van der Waals surface area (Å²) >= 11 is 5.49. The summed E-state index contributed by atoms with van der Waals surface area (Å²) in [7, 11) is 0. The molecular weight excluding hydrogens is 314 g/mol. The number of aromatic nitrogens is 2. The molecular formula is C18H16F2N2S. The van der Waals surface area contributed by atoms with Crippen molar-refractivity contribution in [2.45, 2.75) is 31.7 Å². The minimum Gasteiger partial charge on any atom is -0.331 e. The first-order chi connectivity index (χ1) is 11.1. The zero-order valence-corrected chi connectivity index (χ0v) is 13.3. The zero-order valence-electron chi connectivity index (χ0n) is 12.5. The van der Waals surface area contributed by atoms with E-state index in [1.165, 1.54) is 18.9 Å². The molecule has 23 heavy (non-hydrogen) atoms. The van der Waals surface area contributed by atoms with E-state index in [0.29, 0.717) is 11.6 Å². The number of rotatable bonds is 2. The summed E-state index contributed by atoms with van der Waals surface area (Å²) in [6, 6.07) is 10.3. The van der Waals surface area contributed by atoms with Gasteiger partial charge in [-0.25, -0.2) is 8.78 Å². The molecule has 2 nitrogen and oxygen atoms in total. The average Bonchev–Trinajstić information content (AvgIpc) is 3.15. The summed E-state index contributed by atoms with van der Waals surface area (Å²) in [5, 5.41) is 0. The minimum absolute atomic E-state index is 0.427. The van der Waals surface area contributed by atoms with E-state index in [2.05, 4.69) is 9.55 Å². The van der Waals surface area contributed by atoms with Crippen LogP contribution in [-0.2, 0) is 0 Å². The standard InChI is InChI=1S/C18H16F2N2S/c19-14-7-5-11(9-15(14)20)12-6-8-16-17(10-12)22(18(23)21-16)13-3-1-2-4-13/h5-10,13H,1-4H2,(H,21,23). The van der Waals surface area contributed by atoms with E-state index in [4.69, 9.17) is 12.2 Å². The molecule has 1 fully saturated rings. The van der Waals surface area contributed by atoms with Gasteiger partial charge in [0.1, 0.15) is 0 Å². The molecule has 0 aliphatic heterocycles. The van der Waals surface area contributed by atoms with E-state index in [-0.39, 0.29) is 0 Å². The Kier molecular flexibility index (Phi) is 3.53. The highest BCUT2D eigenvalue weighted by Gasteiger charge is 2.20. The van der Waals surface area contributed by atoms with Gasteiger partial charge in [-0.3, -0.25) is 0 Å². The van der Waals surface area contributed by atoms with Gasteiger partial charge in [-0.05, 0) is 60.5 Å². The topological polar surface area (TPSA) is 20.7 Å². The number of benzene rings is 2. The Balaban J connectivity index is 1.87. The van der Waals surface area contributed by atoms with Gasteiger partial charge in [-0.1, -0.05) is 25.0 Å². The molecule has 0 amide bonds. The second-order valence-electron chi connectivity index (χ2n) is 6.10. The number of H-pyrrole nitrogens is 1. The third-order valence-electron chi connectivity index (χ3n) is 4.66. The average molecular weight is 330 g/mol. The number of nitrogens with one attached hydrogen (secondary N) is 1. The van der Waals surface area contributed by atoms with Gasteiger partial charge < -0.3 is 9.55 Å². The van der Waals surface area contributed by atoms with Crippen molar-refractivity contribution in [3.05, 3.63) is 52.8 Å². The fourth-order valence-corrected chi connectivity index (χ4v) is 3.86. The Morgan fingerprint density at radius 1 is 0.957 bits per heavy atom. The lowest BCUT2D eigenvalue weighted by atomic mass is 10.0. The van der Waals surface area contributed by atoms with Gasteiger partial charge in [0, 0.05) is 6.04 Å². The summed E-state index contributed by atoms with van der Waals surface area (Å²) in [4.78, 5) is 3.25. The Hall–Kier alpha value is -2.01. The SMILES string of the molecule is Fc1ccc(-c2ccc3[nH]c(=S)n(C4CCCC4)c3c2)cc1F. The number of nitrogens with zero attached hydrogens (tertiary/aromatic N) is 1. The molecule has 0 unspecified atom stereocenters. The quantitative estimate of drug-likeness (QED) is 0.593. The molecule has 0 radical (unpaired) electrons. The lowest BCUT2D eigenvalue weighted by molar-refractivity contribution is 0.509. The molecule has 1 heterocycles. The van der Waals surface area contributed by atoms with Crippen molar-refractivity contribution in [1.82, 2.24) is 9.55 Å². The van der Waals surface area contributed by atoms with Gasteiger partial charge >= 0.3 is 0 Å². The largest absolute Gasteiger partial charge is 0.331 e. The second-order valence-corrected chi connectivity index (χ2v) is 6.49. The summed E-state index contributed by atoms with van der Waals surface area (Å²) in [5.41, 5.74) is 3.53. The summed E-state index contributed by atoms with van der Waals surface area (Å²) in [6.45, 7) is 0. The molecule has 118 valence electrons. The van der Waals surface area contributed by atoms with Crippen molar-refractivity contribution in [3.8, 4) is 11.1 Å². The lowest BCUT2D eigenvalue weighted by Crippen LogP contribution is -2.04. The summed E-state index contributed by atoms with van der Waals surface area (Å²) < 4.78 is 29.6. The van der Waals surface area contributed by atoms with Gasteiger partial charge in [-0.2, -0.15) is 0 Å². The van der Waals surface area contributed by atoms with Crippen LogP contribution in [0.1, 0.15) is 31.7 Å². The van der Waals surface area contributed by atoms with Crippen LogP contribution in [0.3, 0.4) is 0 Å². The molecule has 2 aromatic carbocycles. The maximum Gasteiger partial charge on any atom is 0.178 e. The highest BCUT2D eigenvalue weighted by molar-refractivity contribution is 7.71. The van der Waals surface area contributed by atoms with Crippen LogP contribution in [-0.4, -0.2) is 9.55 Å². The monoisotopic (exact) mass is 330 g/mol. The number of fused-ring (bicyclic) bond motifs is 1. The normalized spacial score (nSPS) is 15.6. The number of aromatic amines is 1. The fourth-order valence-electron chi connectivity index (χ4n) is 3.50. The molecule has 0 saturated heterocycles. The lowest BCUT2D eigenvalue weighted by Gasteiger charge is -2.13. The van der Waals surface area contributed by atoms with E-state index < -0.39 is 11.6 Å². The van der Waals surface area contributed by atoms with Crippen LogP contribution in [0.15, 0.2) is 36.4 Å². The van der Waals surface area contributed by atoms with Crippen molar-refractivity contribution in [3.63, 3.8) is 0 Å². The summed E-state index contributed by atoms with van der Waals surface area (Å²) in [6.07, 6.45) is 4.72. The van der Waals surface area contributed by atoms with Gasteiger partial charge in [-0.15, -0.1) is 0 Å². The first kappa shape index (κ1) is 14.6. The van der Waals surface area contributed by atoms with E-state index in [9.17, 15) is 8.78 Å². The van der Waals surface area contributed by atoms with Crippen molar-refractivity contribution in [2.24, 2.45) is 0 Å². The van der Waals surface area contributed by atoms with Crippen molar-refractivity contribution < 1.29 is 8.78 Å². The number of hydrogen-bond acceptors (Lipinski definition) is 1. The Morgan fingerprint density at radius 2 is 1.65 bits per heavy atom. The van der Waals surface area contributed by atoms with E-state index >= 15 is 0 Å². The highest BCUT2D eigenvalue weighted by atomic mass is 32.1. The van der Waals surface area contributed by atoms with Crippen LogP contribution < -0.4 is 0 Å². The Morgan fingerprint density at radius 3 is 2.39 bits per heavy atom. The van der Waals surface area contributed by atoms with E-state index in [1.807, 2.05) is 18.2 Å². The molecule has 1 saturated carbocycles. The minimum atomic E-state index is -0.829. The van der Waals surface area contributed by atoms with Gasteiger partial charge in [0.2, 0.25) is 0 Å². The predicted octanol–water partition coefficient (Wildman–Crippen LogP) is 5.76. The smallest absolute Gasteiger partial charge is 0.178 e. The van der Waals surface area contributed by atoms with Crippen LogP contribution in [0.25, 0.3) is 22.2 Å². The van der Waals surface area contributed by atoms with Crippen LogP contribution in [0, 0.1) is 16.4 Å². The number of halogens is 2. The zero-order chi connectivity index (χ0) is 16.0. The van der Waals surface area contributed by atoms with Gasteiger partial charge in [0.05, 0.1) is 11.0 Å². The van der Waals surface area contributed by atoms with Crippen molar-refractivity contribution in [1.29, 1.82) is 0 Å². The molecule has 0 bridgehead atoms. The van der Waals surface area contributed by atoms with Crippen LogP contribution in [0.5, 0.6) is 0 Å². The third-order valence-corrected chi connectivity index (χ3v) is 4.96. The fraction of sp³-hybridized carbons (Fsp3) is 0.278. The van der Waals surface area contributed by atoms with E-state index in [0.717, 1.165) is 40.3 Å². The van der Waals surface area contributed by atoms with E-state index in [1.54, 1.807) is 6.07 Å². The maximum atomic E-state index is 13.5. The van der Waals surface area contributed by atoms with Crippen LogP contribution >= 0.6 is 12.2 Å². The molecule has 5 heteroatoms. The van der Waals surface area contributed by atoms with Crippen molar-refractivity contribution >= 4 is 23.3 Å². The molecule has 0 atom stereocenters. The van der Waals surface area contributed by atoms with Gasteiger partial charge in [0.15, 0.2) is 16.4 Å². The predicted molar refractivity (Wildman–Crippen MR) is 90.0 cm³/mol. The molecule has 3 aromatic rings. The first-order valence-corrected chi connectivity index (χ1v) is 8.24. The van der Waals surface area contributed by atoms with Crippen LogP contribution in [0.4, 0.5) is 8.78 Å². The molecule has 1 aliphatic carbocycles. The maximum absolute atomic E-state index is 13.5. The Bertz CT molecular complexity index is 936. The van der Waals surface area contributed by atoms with Crippen molar-refractivity contribution in [2.75, 3.05) is 0 Å². The second kappa shape index (κ2) is 5.57.